The van der Waals surface area contributed by atoms with Crippen molar-refractivity contribution in [3.63, 3.8) is 0 Å². The van der Waals surface area contributed by atoms with Gasteiger partial charge in [-0.2, -0.15) is 5.26 Å². The Morgan fingerprint density at radius 3 is 2.26 bits per heavy atom. The fourth-order valence-electron chi connectivity index (χ4n) is 4.55. The summed E-state index contributed by atoms with van der Waals surface area (Å²) in [6.45, 7) is 20.9. The predicted octanol–water partition coefficient (Wildman–Crippen LogP) is 9.91. The van der Waals surface area contributed by atoms with Gasteiger partial charge in [0.2, 0.25) is 0 Å². The molecule has 0 spiro atoms. The largest absolute Gasteiger partial charge is 0.313 e. The molecule has 1 aliphatic carbocycles. The minimum Gasteiger partial charge on any atom is -0.313 e. The van der Waals surface area contributed by atoms with Crippen molar-refractivity contribution in [1.82, 2.24) is 4.57 Å². The molecule has 0 aliphatic heterocycles. The second-order valence-corrected chi connectivity index (χ2v) is 9.30. The van der Waals surface area contributed by atoms with E-state index in [0.29, 0.717) is 6.42 Å². The van der Waals surface area contributed by atoms with Crippen molar-refractivity contribution in [3.05, 3.63) is 83.6 Å². The first-order chi connectivity index (χ1) is 16.9. The van der Waals surface area contributed by atoms with Crippen LogP contribution in [0.4, 0.5) is 0 Å². The normalized spacial score (nSPS) is 13.9. The minimum atomic E-state index is 0.605. The molecule has 0 amide bonds. The van der Waals surface area contributed by atoms with E-state index in [1.165, 1.54) is 69.4 Å². The standard InChI is InChI=1S/C24H26N2.C7H12.C2H6/c1-5-18(3)24-19(4)26(21-12-9-17(2)10-13-21)23-16-20(8-6-7-15-25)11-14-22(23)24;1-3-4-7-5-6(7)2;1-2/h9-14,16H,3,5-8H2,1-2,4H3;7H,2-5H2,1H3;1-2H3. The molecule has 3 aromatic rings. The lowest BCUT2D eigenvalue weighted by molar-refractivity contribution is 0.727. The number of hydrogen-bond donors (Lipinski definition) is 0. The van der Waals surface area contributed by atoms with Crippen LogP contribution in [-0.4, -0.2) is 4.57 Å². The Balaban J connectivity index is 0.000000407. The Kier molecular flexibility index (Phi) is 11.1. The molecular formula is C33H44N2. The molecule has 0 radical (unpaired) electrons. The molecule has 186 valence electrons. The molecule has 1 fully saturated rings. The van der Waals surface area contributed by atoms with Crippen molar-refractivity contribution in [2.75, 3.05) is 0 Å². The van der Waals surface area contributed by atoms with E-state index < -0.39 is 0 Å². The molecule has 35 heavy (non-hydrogen) atoms. The number of rotatable bonds is 8. The highest BCUT2D eigenvalue weighted by atomic mass is 15.0. The summed E-state index contributed by atoms with van der Waals surface area (Å²) >= 11 is 0. The number of hydrogen-bond acceptors (Lipinski definition) is 1. The van der Waals surface area contributed by atoms with Crippen LogP contribution in [0, 0.1) is 31.1 Å². The lowest BCUT2D eigenvalue weighted by atomic mass is 10.00. The first-order valence-electron chi connectivity index (χ1n) is 13.3. The van der Waals surface area contributed by atoms with E-state index in [-0.39, 0.29) is 0 Å². The molecule has 0 saturated heterocycles. The summed E-state index contributed by atoms with van der Waals surface area (Å²) in [4.78, 5) is 0. The number of fused-ring (bicyclic) bond motifs is 1. The SMILES string of the molecule is C=C(CC)c1c(C)n(-c2ccc(C)cc2)c2cc(CCCC#N)ccc12.C=C1CC1CCC.CC. The van der Waals surface area contributed by atoms with E-state index in [1.54, 1.807) is 0 Å². The number of nitriles is 1. The Morgan fingerprint density at radius 2 is 1.74 bits per heavy atom. The van der Waals surface area contributed by atoms with Crippen LogP contribution in [0.1, 0.15) is 88.6 Å². The highest BCUT2D eigenvalue weighted by Gasteiger charge is 2.25. The van der Waals surface area contributed by atoms with Gasteiger partial charge in [-0.3, -0.25) is 0 Å². The van der Waals surface area contributed by atoms with Gasteiger partial charge in [-0.15, -0.1) is 0 Å². The monoisotopic (exact) mass is 468 g/mol. The van der Waals surface area contributed by atoms with E-state index in [9.17, 15) is 0 Å². The number of aromatic nitrogens is 1. The zero-order valence-corrected chi connectivity index (χ0v) is 22.9. The van der Waals surface area contributed by atoms with Crippen LogP contribution in [0.5, 0.6) is 0 Å². The van der Waals surface area contributed by atoms with Gasteiger partial charge in [0, 0.05) is 28.8 Å². The maximum Gasteiger partial charge on any atom is 0.0621 e. The van der Waals surface area contributed by atoms with Crippen LogP contribution >= 0.6 is 0 Å². The van der Waals surface area contributed by atoms with E-state index >= 15 is 0 Å². The topological polar surface area (TPSA) is 28.7 Å². The van der Waals surface area contributed by atoms with Crippen molar-refractivity contribution < 1.29 is 0 Å². The summed E-state index contributed by atoms with van der Waals surface area (Å²) in [7, 11) is 0. The summed E-state index contributed by atoms with van der Waals surface area (Å²) < 4.78 is 2.35. The maximum atomic E-state index is 8.80. The van der Waals surface area contributed by atoms with Crippen LogP contribution < -0.4 is 0 Å². The van der Waals surface area contributed by atoms with Crippen molar-refractivity contribution in [1.29, 1.82) is 5.26 Å². The molecule has 2 heteroatoms. The van der Waals surface area contributed by atoms with E-state index in [2.05, 4.69) is 94.0 Å². The van der Waals surface area contributed by atoms with Crippen molar-refractivity contribution >= 4 is 16.5 Å². The van der Waals surface area contributed by atoms with Crippen LogP contribution in [0.15, 0.2) is 61.2 Å². The fourth-order valence-corrected chi connectivity index (χ4v) is 4.55. The van der Waals surface area contributed by atoms with Gasteiger partial charge in [0.15, 0.2) is 0 Å². The van der Waals surface area contributed by atoms with E-state index in [0.717, 1.165) is 25.2 Å². The van der Waals surface area contributed by atoms with Crippen LogP contribution in [0.25, 0.3) is 22.2 Å². The third-order valence-electron chi connectivity index (χ3n) is 6.66. The third kappa shape index (κ3) is 7.22. The quantitative estimate of drug-likeness (QED) is 0.239. The molecule has 2 nitrogen and oxygen atoms in total. The molecule has 2 aromatic carbocycles. The van der Waals surface area contributed by atoms with Crippen LogP contribution in [0.2, 0.25) is 0 Å². The van der Waals surface area contributed by atoms with Crippen molar-refractivity contribution in [3.8, 4) is 11.8 Å². The van der Waals surface area contributed by atoms with Crippen molar-refractivity contribution in [2.24, 2.45) is 5.92 Å². The number of unbranched alkanes of at least 4 members (excludes halogenated alkanes) is 1. The van der Waals surface area contributed by atoms with E-state index in [4.69, 9.17) is 5.26 Å². The first-order valence-corrected chi connectivity index (χ1v) is 13.3. The molecule has 1 aliphatic rings. The Bertz CT molecular complexity index is 1170. The van der Waals surface area contributed by atoms with Gasteiger partial charge in [0.05, 0.1) is 11.6 Å². The molecule has 0 N–H and O–H groups in total. The maximum absolute atomic E-state index is 8.80. The van der Waals surface area contributed by atoms with Gasteiger partial charge in [-0.25, -0.2) is 0 Å². The van der Waals surface area contributed by atoms with Gasteiger partial charge in [0.25, 0.3) is 0 Å². The molecule has 1 heterocycles. The van der Waals surface area contributed by atoms with Crippen LogP contribution in [0.3, 0.4) is 0 Å². The molecular weight excluding hydrogens is 424 g/mol. The molecule has 1 saturated carbocycles. The van der Waals surface area contributed by atoms with Gasteiger partial charge in [-0.1, -0.05) is 82.7 Å². The zero-order chi connectivity index (χ0) is 26.0. The predicted molar refractivity (Wildman–Crippen MR) is 154 cm³/mol. The Labute approximate surface area is 214 Å². The van der Waals surface area contributed by atoms with Crippen molar-refractivity contribution in [2.45, 2.75) is 86.5 Å². The number of allylic oxidation sites excluding steroid dienone is 2. The third-order valence-corrected chi connectivity index (χ3v) is 6.66. The average molecular weight is 469 g/mol. The summed E-state index contributed by atoms with van der Waals surface area (Å²) in [6.07, 6.45) is 7.40. The molecule has 0 bridgehead atoms. The summed E-state index contributed by atoms with van der Waals surface area (Å²) in [6, 6.07) is 17.6. The fraction of sp³-hybridized carbons (Fsp3) is 0.424. The molecule has 1 atom stereocenters. The second-order valence-electron chi connectivity index (χ2n) is 9.30. The minimum absolute atomic E-state index is 0.605. The molecule has 4 rings (SSSR count). The lowest BCUT2D eigenvalue weighted by Gasteiger charge is -2.10. The van der Waals surface area contributed by atoms with Gasteiger partial charge in [0.1, 0.15) is 0 Å². The van der Waals surface area contributed by atoms with E-state index in [1.807, 2.05) is 13.8 Å². The number of aryl methyl sites for hydroxylation is 2. The first kappa shape index (κ1) is 28.2. The highest BCUT2D eigenvalue weighted by Crippen LogP contribution is 2.39. The van der Waals surface area contributed by atoms with Gasteiger partial charge >= 0.3 is 0 Å². The lowest BCUT2D eigenvalue weighted by Crippen LogP contribution is -1.98. The number of nitrogens with zero attached hydrogens (tertiary/aromatic N) is 2. The van der Waals surface area contributed by atoms with Gasteiger partial charge in [-0.05, 0) is 81.2 Å². The molecule has 1 aromatic heterocycles. The Morgan fingerprint density at radius 1 is 1.09 bits per heavy atom. The van der Waals surface area contributed by atoms with Gasteiger partial charge < -0.3 is 4.57 Å². The summed E-state index contributed by atoms with van der Waals surface area (Å²) in [5.41, 5.74) is 10.1. The van der Waals surface area contributed by atoms with Crippen LogP contribution in [-0.2, 0) is 6.42 Å². The number of benzene rings is 2. The smallest absolute Gasteiger partial charge is 0.0621 e. The molecule has 1 unspecified atom stereocenters. The Hall–Kier alpha value is -3.05. The summed E-state index contributed by atoms with van der Waals surface area (Å²) in [5, 5.41) is 10.1. The average Bonchev–Trinajstić information content (AvgIpc) is 3.49. The zero-order valence-electron chi connectivity index (χ0n) is 22.9. The second kappa shape index (κ2) is 13.7. The highest BCUT2D eigenvalue weighted by molar-refractivity contribution is 5.96. The summed E-state index contributed by atoms with van der Waals surface area (Å²) in [5.74, 6) is 0.921.